The van der Waals surface area contributed by atoms with Crippen molar-refractivity contribution in [1.29, 1.82) is 0 Å². The van der Waals surface area contributed by atoms with Crippen molar-refractivity contribution in [1.82, 2.24) is 14.1 Å². The summed E-state index contributed by atoms with van der Waals surface area (Å²) in [5.41, 5.74) is 0.321. The fraction of sp³-hybridized carbons (Fsp3) is 0.353. The molecule has 0 atom stereocenters. The van der Waals surface area contributed by atoms with E-state index < -0.39 is 30.4 Å². The van der Waals surface area contributed by atoms with E-state index in [1.54, 1.807) is 30.8 Å². The second-order valence-corrected chi connectivity index (χ2v) is 6.82. The van der Waals surface area contributed by atoms with E-state index in [-0.39, 0.29) is 6.54 Å². The van der Waals surface area contributed by atoms with Crippen molar-refractivity contribution < 1.29 is 13.2 Å². The predicted molar refractivity (Wildman–Crippen MR) is 93.7 cm³/mol. The number of fused-ring (bicyclic) bond motifs is 1. The number of rotatable bonds is 5. The third-order valence-corrected chi connectivity index (χ3v) is 5.21. The molecular formula is C17H16F3N3O2S. The lowest BCUT2D eigenvalue weighted by molar-refractivity contribution is -0.136. The molecule has 0 saturated heterocycles. The first-order chi connectivity index (χ1) is 12.3. The molecule has 0 fully saturated rings. The molecular weight excluding hydrogens is 367 g/mol. The number of halogens is 3. The Morgan fingerprint density at radius 3 is 2.62 bits per heavy atom. The molecule has 0 unspecified atom stereocenters. The molecule has 9 heteroatoms. The van der Waals surface area contributed by atoms with Gasteiger partial charge in [-0.25, -0.2) is 4.79 Å². The molecule has 0 bridgehead atoms. The van der Waals surface area contributed by atoms with E-state index >= 15 is 0 Å². The van der Waals surface area contributed by atoms with Gasteiger partial charge in [0.15, 0.2) is 0 Å². The monoisotopic (exact) mass is 383 g/mol. The second-order valence-electron chi connectivity index (χ2n) is 5.97. The number of alkyl halides is 3. The molecule has 0 aliphatic carbocycles. The number of hydrogen-bond acceptors (Lipinski definition) is 4. The molecule has 0 aromatic carbocycles. The van der Waals surface area contributed by atoms with Crippen LogP contribution in [0.3, 0.4) is 0 Å². The number of pyridine rings is 1. The summed E-state index contributed by atoms with van der Waals surface area (Å²) in [5.74, 6) is 0. The van der Waals surface area contributed by atoms with Gasteiger partial charge in [-0.1, -0.05) is 6.07 Å². The van der Waals surface area contributed by atoms with Crippen LogP contribution in [0.2, 0.25) is 0 Å². The lowest BCUT2D eigenvalue weighted by Crippen LogP contribution is -2.40. The SMILES string of the molecule is Cc1csc2c1c(=O)n(CCc1cccnc1)c(=O)n2CCC(F)(F)F. The van der Waals surface area contributed by atoms with Crippen molar-refractivity contribution in [3.05, 3.63) is 61.9 Å². The molecule has 138 valence electrons. The van der Waals surface area contributed by atoms with E-state index in [1.165, 1.54) is 0 Å². The highest BCUT2D eigenvalue weighted by Gasteiger charge is 2.28. The van der Waals surface area contributed by atoms with Crippen LogP contribution >= 0.6 is 11.3 Å². The number of nitrogens with zero attached hydrogens (tertiary/aromatic N) is 3. The minimum Gasteiger partial charge on any atom is -0.284 e. The Kier molecular flexibility index (Phi) is 4.99. The van der Waals surface area contributed by atoms with Crippen LogP contribution in [0, 0.1) is 6.92 Å². The minimum absolute atomic E-state index is 0.0839. The fourth-order valence-electron chi connectivity index (χ4n) is 2.76. The molecule has 0 spiro atoms. The zero-order valence-corrected chi connectivity index (χ0v) is 14.7. The van der Waals surface area contributed by atoms with Crippen LogP contribution in [-0.4, -0.2) is 20.3 Å². The maximum atomic E-state index is 12.7. The van der Waals surface area contributed by atoms with Crippen LogP contribution in [0.5, 0.6) is 0 Å². The molecule has 3 aromatic heterocycles. The quantitative estimate of drug-likeness (QED) is 0.680. The number of thiophene rings is 1. The van der Waals surface area contributed by atoms with Crippen LogP contribution in [-0.2, 0) is 19.5 Å². The lowest BCUT2D eigenvalue weighted by Gasteiger charge is -2.13. The van der Waals surface area contributed by atoms with Gasteiger partial charge in [0.25, 0.3) is 5.56 Å². The summed E-state index contributed by atoms with van der Waals surface area (Å²) < 4.78 is 40.0. The van der Waals surface area contributed by atoms with Gasteiger partial charge in [-0.15, -0.1) is 11.3 Å². The van der Waals surface area contributed by atoms with Gasteiger partial charge >= 0.3 is 11.9 Å². The molecule has 0 N–H and O–H groups in total. The zero-order valence-electron chi connectivity index (χ0n) is 13.9. The molecule has 3 rings (SSSR count). The van der Waals surface area contributed by atoms with Gasteiger partial charge in [-0.2, -0.15) is 13.2 Å². The highest BCUT2D eigenvalue weighted by molar-refractivity contribution is 7.17. The predicted octanol–water partition coefficient (Wildman–Crippen LogP) is 3.12. The third-order valence-electron chi connectivity index (χ3n) is 4.09. The standard InChI is InChI=1S/C17H16F3N3O2S/c1-11-10-26-15-13(11)14(24)22(7-4-12-3-2-6-21-9-12)16(25)23(15)8-5-17(18,19)20/h2-3,6,9-10H,4-5,7-8H2,1H3. The van der Waals surface area contributed by atoms with E-state index in [1.807, 2.05) is 6.07 Å². The molecule has 0 radical (unpaired) electrons. The Balaban J connectivity index is 2.06. The van der Waals surface area contributed by atoms with Crippen molar-refractivity contribution in [2.45, 2.75) is 39.0 Å². The van der Waals surface area contributed by atoms with E-state index in [4.69, 9.17) is 0 Å². The van der Waals surface area contributed by atoms with Gasteiger partial charge in [0.2, 0.25) is 0 Å². The Morgan fingerprint density at radius 1 is 1.19 bits per heavy atom. The van der Waals surface area contributed by atoms with E-state index in [0.717, 1.165) is 26.0 Å². The smallest absolute Gasteiger partial charge is 0.284 e. The summed E-state index contributed by atoms with van der Waals surface area (Å²) in [4.78, 5) is 29.7. The van der Waals surface area contributed by atoms with Crippen LogP contribution in [0.25, 0.3) is 10.2 Å². The van der Waals surface area contributed by atoms with Crippen LogP contribution in [0.15, 0.2) is 39.5 Å². The summed E-state index contributed by atoms with van der Waals surface area (Å²) in [7, 11) is 0. The lowest BCUT2D eigenvalue weighted by atomic mass is 10.2. The normalized spacial score (nSPS) is 12.0. The zero-order chi connectivity index (χ0) is 18.9. The Bertz CT molecular complexity index is 1040. The average molecular weight is 383 g/mol. The summed E-state index contributed by atoms with van der Waals surface area (Å²) in [6, 6.07) is 3.56. The molecule has 3 aromatic rings. The van der Waals surface area contributed by atoms with Crippen molar-refractivity contribution in [2.24, 2.45) is 0 Å². The van der Waals surface area contributed by atoms with Crippen molar-refractivity contribution >= 4 is 21.6 Å². The molecule has 0 aliphatic rings. The van der Waals surface area contributed by atoms with E-state index in [9.17, 15) is 22.8 Å². The first-order valence-electron chi connectivity index (χ1n) is 7.95. The topological polar surface area (TPSA) is 56.9 Å². The first-order valence-corrected chi connectivity index (χ1v) is 8.83. The largest absolute Gasteiger partial charge is 0.390 e. The van der Waals surface area contributed by atoms with Gasteiger partial charge in [0, 0.05) is 25.5 Å². The van der Waals surface area contributed by atoms with Crippen LogP contribution in [0.4, 0.5) is 13.2 Å². The number of aromatic nitrogens is 3. The van der Waals surface area contributed by atoms with Gasteiger partial charge in [-0.3, -0.25) is 18.9 Å². The first kappa shape index (κ1) is 18.4. The maximum Gasteiger partial charge on any atom is 0.390 e. The molecule has 0 aliphatic heterocycles. The summed E-state index contributed by atoms with van der Waals surface area (Å²) in [6.45, 7) is 1.29. The third kappa shape index (κ3) is 3.72. The second kappa shape index (κ2) is 7.06. The highest BCUT2D eigenvalue weighted by Crippen LogP contribution is 2.24. The summed E-state index contributed by atoms with van der Waals surface area (Å²) in [6.07, 6.45) is -1.88. The van der Waals surface area contributed by atoms with Gasteiger partial charge in [0.05, 0.1) is 11.8 Å². The van der Waals surface area contributed by atoms with Crippen LogP contribution in [0.1, 0.15) is 17.5 Å². The Labute approximate surface area is 150 Å². The van der Waals surface area contributed by atoms with Gasteiger partial charge < -0.3 is 0 Å². The van der Waals surface area contributed by atoms with E-state index in [0.29, 0.717) is 22.2 Å². The van der Waals surface area contributed by atoms with Gasteiger partial charge in [-0.05, 0) is 35.9 Å². The summed E-state index contributed by atoms with van der Waals surface area (Å²) in [5, 5.41) is 1.99. The molecule has 0 saturated carbocycles. The maximum absolute atomic E-state index is 12.7. The number of hydrogen-bond donors (Lipinski definition) is 0. The van der Waals surface area contributed by atoms with Crippen molar-refractivity contribution in [3.8, 4) is 0 Å². The molecule has 5 nitrogen and oxygen atoms in total. The van der Waals surface area contributed by atoms with E-state index in [2.05, 4.69) is 4.98 Å². The molecule has 0 amide bonds. The highest BCUT2D eigenvalue weighted by atomic mass is 32.1. The van der Waals surface area contributed by atoms with Gasteiger partial charge in [0.1, 0.15) is 4.83 Å². The molecule has 3 heterocycles. The molecule has 26 heavy (non-hydrogen) atoms. The average Bonchev–Trinajstić information content (AvgIpc) is 2.96. The number of aryl methyl sites for hydroxylation is 3. The van der Waals surface area contributed by atoms with Crippen molar-refractivity contribution in [3.63, 3.8) is 0 Å². The van der Waals surface area contributed by atoms with Crippen molar-refractivity contribution in [2.75, 3.05) is 0 Å². The van der Waals surface area contributed by atoms with Crippen LogP contribution < -0.4 is 11.2 Å². The Morgan fingerprint density at radius 2 is 1.96 bits per heavy atom. The summed E-state index contributed by atoms with van der Waals surface area (Å²) >= 11 is 1.11. The fourth-order valence-corrected chi connectivity index (χ4v) is 3.83. The minimum atomic E-state index is -4.38. The Hall–Kier alpha value is -2.42.